The SMILES string of the molecule is CCc1ccccc1NC(=O)C1C(=O)CC(C)(O)C(C(=O)Nc2ccccc2CC)C1c1c[nH]c2ccccc12. The van der Waals surface area contributed by atoms with Crippen molar-refractivity contribution in [1.29, 1.82) is 0 Å². The molecule has 1 heterocycles. The van der Waals surface area contributed by atoms with Gasteiger partial charge in [-0.05, 0) is 54.7 Å². The van der Waals surface area contributed by atoms with Crippen molar-refractivity contribution in [3.63, 3.8) is 0 Å². The lowest BCUT2D eigenvalue weighted by atomic mass is 9.61. The van der Waals surface area contributed by atoms with Crippen LogP contribution in [0.2, 0.25) is 0 Å². The zero-order valence-electron chi connectivity index (χ0n) is 23.0. The lowest BCUT2D eigenvalue weighted by molar-refractivity contribution is -0.150. The standard InChI is InChI=1S/C33H35N3O4/c1-4-20-12-6-9-15-24(20)35-31(38)29-27(37)18-33(3,40)30(32(39)36-25-16-10-7-13-21(25)5-2)28(29)23-19-34-26-17-11-8-14-22(23)26/h6-17,19,28-30,34,40H,4-5,18H2,1-3H3,(H,35,38)(H,36,39). The molecule has 4 N–H and O–H groups in total. The number of ketones is 1. The first kappa shape index (κ1) is 27.3. The fourth-order valence-electron chi connectivity index (χ4n) is 6.16. The van der Waals surface area contributed by atoms with E-state index in [0.717, 1.165) is 22.0 Å². The predicted octanol–water partition coefficient (Wildman–Crippen LogP) is 5.61. The molecule has 0 bridgehead atoms. The number of H-pyrrole nitrogens is 1. The summed E-state index contributed by atoms with van der Waals surface area (Å²) in [5.74, 6) is -4.48. The number of aromatic nitrogens is 1. The molecule has 4 atom stereocenters. The summed E-state index contributed by atoms with van der Waals surface area (Å²) in [4.78, 5) is 45.0. The maximum atomic E-state index is 14.1. The Kier molecular flexibility index (Phi) is 7.59. The summed E-state index contributed by atoms with van der Waals surface area (Å²) >= 11 is 0. The Labute approximate surface area is 234 Å². The van der Waals surface area contributed by atoms with Crippen LogP contribution in [-0.4, -0.2) is 33.3 Å². The zero-order chi connectivity index (χ0) is 28.4. The van der Waals surface area contributed by atoms with Crippen molar-refractivity contribution in [3.8, 4) is 0 Å². The van der Waals surface area contributed by atoms with E-state index in [-0.39, 0.29) is 6.42 Å². The molecule has 1 saturated carbocycles. The van der Waals surface area contributed by atoms with E-state index in [0.29, 0.717) is 29.8 Å². The number of nitrogens with one attached hydrogen (secondary N) is 3. The number of amides is 2. The number of hydrogen-bond donors (Lipinski definition) is 4. The van der Waals surface area contributed by atoms with Gasteiger partial charge >= 0.3 is 0 Å². The van der Waals surface area contributed by atoms with Gasteiger partial charge in [-0.25, -0.2) is 0 Å². The molecule has 7 nitrogen and oxygen atoms in total. The van der Waals surface area contributed by atoms with Crippen molar-refractivity contribution in [3.05, 3.63) is 95.7 Å². The van der Waals surface area contributed by atoms with Crippen molar-refractivity contribution >= 4 is 39.9 Å². The Balaban J connectivity index is 1.62. The van der Waals surface area contributed by atoms with Gasteiger partial charge in [-0.1, -0.05) is 68.4 Å². The summed E-state index contributed by atoms with van der Waals surface area (Å²) < 4.78 is 0. The molecule has 0 spiro atoms. The normalized spacial score (nSPS) is 22.7. The Morgan fingerprint density at radius 1 is 0.875 bits per heavy atom. The third-order valence-corrected chi connectivity index (χ3v) is 8.12. The van der Waals surface area contributed by atoms with Gasteiger partial charge in [0, 0.05) is 40.8 Å². The van der Waals surface area contributed by atoms with E-state index >= 15 is 0 Å². The van der Waals surface area contributed by atoms with Crippen LogP contribution in [0, 0.1) is 11.8 Å². The van der Waals surface area contributed by atoms with E-state index in [1.807, 2.05) is 86.6 Å². The van der Waals surface area contributed by atoms with E-state index in [9.17, 15) is 19.5 Å². The first-order valence-electron chi connectivity index (χ1n) is 13.8. The summed E-state index contributed by atoms with van der Waals surface area (Å²) in [6, 6.07) is 22.6. The predicted molar refractivity (Wildman–Crippen MR) is 157 cm³/mol. The smallest absolute Gasteiger partial charge is 0.235 e. The van der Waals surface area contributed by atoms with E-state index in [1.54, 1.807) is 6.20 Å². The second kappa shape index (κ2) is 11.1. The monoisotopic (exact) mass is 537 g/mol. The number of benzene rings is 3. The largest absolute Gasteiger partial charge is 0.389 e. The molecule has 3 aromatic carbocycles. The average molecular weight is 538 g/mol. The van der Waals surface area contributed by atoms with Crippen LogP contribution in [0.1, 0.15) is 49.8 Å². The van der Waals surface area contributed by atoms with Crippen molar-refractivity contribution in [1.82, 2.24) is 4.98 Å². The number of hydrogen-bond acceptors (Lipinski definition) is 4. The molecule has 4 unspecified atom stereocenters. The first-order valence-corrected chi connectivity index (χ1v) is 13.8. The van der Waals surface area contributed by atoms with Crippen LogP contribution < -0.4 is 10.6 Å². The highest BCUT2D eigenvalue weighted by molar-refractivity contribution is 6.11. The number of carbonyl (C=O) groups excluding carboxylic acids is 3. The summed E-state index contributed by atoms with van der Waals surface area (Å²) in [5.41, 5.74) is 2.98. The fourth-order valence-corrected chi connectivity index (χ4v) is 6.16. The first-order chi connectivity index (χ1) is 19.2. The second-order valence-electron chi connectivity index (χ2n) is 10.8. The van der Waals surface area contributed by atoms with Crippen molar-refractivity contribution in [2.24, 2.45) is 11.8 Å². The second-order valence-corrected chi connectivity index (χ2v) is 10.8. The van der Waals surface area contributed by atoms with Gasteiger partial charge in [0.05, 0.1) is 11.5 Å². The minimum Gasteiger partial charge on any atom is -0.389 e. The van der Waals surface area contributed by atoms with Crippen LogP contribution in [-0.2, 0) is 27.2 Å². The molecular formula is C33H35N3O4. The molecule has 0 aliphatic heterocycles. The minimum absolute atomic E-state index is 0.313. The van der Waals surface area contributed by atoms with Gasteiger partial charge in [-0.2, -0.15) is 0 Å². The van der Waals surface area contributed by atoms with Crippen LogP contribution in [0.3, 0.4) is 0 Å². The van der Waals surface area contributed by atoms with Crippen LogP contribution in [0.25, 0.3) is 10.9 Å². The van der Waals surface area contributed by atoms with E-state index < -0.39 is 41.0 Å². The lowest BCUT2D eigenvalue weighted by Gasteiger charge is -2.44. The van der Waals surface area contributed by atoms with Gasteiger partial charge in [0.2, 0.25) is 11.8 Å². The third-order valence-electron chi connectivity index (χ3n) is 8.12. The van der Waals surface area contributed by atoms with Gasteiger partial charge in [-0.3, -0.25) is 14.4 Å². The van der Waals surface area contributed by atoms with Crippen LogP contribution in [0.4, 0.5) is 11.4 Å². The fraction of sp³-hybridized carbons (Fsp3) is 0.303. The number of aliphatic hydroxyl groups is 1. The Bertz CT molecular complexity index is 1570. The molecule has 206 valence electrons. The molecule has 40 heavy (non-hydrogen) atoms. The number of aromatic amines is 1. The van der Waals surface area contributed by atoms with E-state index in [2.05, 4.69) is 15.6 Å². The van der Waals surface area contributed by atoms with Crippen molar-refractivity contribution < 1.29 is 19.5 Å². The molecule has 4 aromatic rings. The molecule has 1 aliphatic rings. The van der Waals surface area contributed by atoms with Gasteiger partial charge < -0.3 is 20.7 Å². The number of para-hydroxylation sites is 3. The summed E-state index contributed by atoms with van der Waals surface area (Å²) in [7, 11) is 0. The van der Waals surface area contributed by atoms with Gasteiger partial charge in [0.25, 0.3) is 0 Å². The number of anilines is 2. The summed E-state index contributed by atoms with van der Waals surface area (Å²) in [5, 5.41) is 18.5. The Hall–Kier alpha value is -4.23. The third kappa shape index (κ3) is 5.05. The molecule has 5 rings (SSSR count). The van der Waals surface area contributed by atoms with Gasteiger partial charge in [0.1, 0.15) is 11.7 Å². The molecule has 0 saturated heterocycles. The van der Waals surface area contributed by atoms with Crippen LogP contribution in [0.5, 0.6) is 0 Å². The molecule has 1 aromatic heterocycles. The average Bonchev–Trinajstić information content (AvgIpc) is 3.36. The number of carbonyl (C=O) groups is 3. The molecule has 1 fully saturated rings. The summed E-state index contributed by atoms with van der Waals surface area (Å²) in [6.45, 7) is 5.52. The zero-order valence-corrected chi connectivity index (χ0v) is 23.0. The minimum atomic E-state index is -1.68. The highest BCUT2D eigenvalue weighted by atomic mass is 16.3. The Morgan fingerprint density at radius 3 is 2.05 bits per heavy atom. The van der Waals surface area contributed by atoms with E-state index in [4.69, 9.17) is 0 Å². The molecule has 2 amide bonds. The topological polar surface area (TPSA) is 111 Å². The lowest BCUT2D eigenvalue weighted by Crippen LogP contribution is -2.56. The maximum Gasteiger partial charge on any atom is 0.235 e. The molecule has 7 heteroatoms. The number of rotatable bonds is 7. The number of fused-ring (bicyclic) bond motifs is 1. The molecular weight excluding hydrogens is 502 g/mol. The van der Waals surface area contributed by atoms with Crippen LogP contribution in [0.15, 0.2) is 79.0 Å². The number of aryl methyl sites for hydroxylation is 2. The highest BCUT2D eigenvalue weighted by Crippen LogP contribution is 2.48. The van der Waals surface area contributed by atoms with E-state index in [1.165, 1.54) is 6.92 Å². The quantitative estimate of drug-likeness (QED) is 0.230. The van der Waals surface area contributed by atoms with Gasteiger partial charge in [-0.15, -0.1) is 0 Å². The molecule has 1 aliphatic carbocycles. The molecule has 0 radical (unpaired) electrons. The van der Waals surface area contributed by atoms with Crippen molar-refractivity contribution in [2.45, 2.75) is 51.6 Å². The summed E-state index contributed by atoms with van der Waals surface area (Å²) in [6.07, 6.45) is 2.86. The number of Topliss-reactive ketones (excluding diaryl/α,β-unsaturated/α-hetero) is 1. The maximum absolute atomic E-state index is 14.1. The Morgan fingerprint density at radius 2 is 1.43 bits per heavy atom. The highest BCUT2D eigenvalue weighted by Gasteiger charge is 2.56. The van der Waals surface area contributed by atoms with Gasteiger partial charge in [0.15, 0.2) is 0 Å². The van der Waals surface area contributed by atoms with Crippen molar-refractivity contribution in [2.75, 3.05) is 10.6 Å². The van der Waals surface area contributed by atoms with Crippen LogP contribution >= 0.6 is 0 Å².